The van der Waals surface area contributed by atoms with Crippen molar-refractivity contribution in [2.45, 2.75) is 0 Å². The fraction of sp³-hybridized carbons (Fsp3) is 0. The third-order valence-electron chi connectivity index (χ3n) is 0. The first-order valence-corrected chi connectivity index (χ1v) is 0. The molecule has 10 heteroatoms. The molecule has 0 nitrogen and oxygen atoms in total. The average Bonchev–Trinajstić information content (AvgIpc) is 0. The Morgan fingerprint density at radius 2 is 0.200 bits per heavy atom. The summed E-state index contributed by atoms with van der Waals surface area (Å²) in [7, 11) is 0. The Balaban J connectivity index is 0. The van der Waals surface area contributed by atoms with Gasteiger partial charge in [-0.1, -0.05) is 0 Å². The molecule has 0 rings (SSSR count). The summed E-state index contributed by atoms with van der Waals surface area (Å²) in [4.78, 5) is 0. The molecule has 0 saturated carbocycles. The number of rotatable bonds is 0. The average molecular weight is 1250 g/mol. The number of hydrogen-bond donors (Lipinski definition) is 0. The molecule has 0 aliphatic rings. The van der Waals surface area contributed by atoms with Crippen LogP contribution < -0.4 is 0 Å². The van der Waals surface area contributed by atoms with E-state index in [1.807, 2.05) is 0 Å². The van der Waals surface area contributed by atoms with Crippen molar-refractivity contribution >= 4 is 167 Å². The van der Waals surface area contributed by atoms with Crippen molar-refractivity contribution in [3.63, 3.8) is 0 Å². The minimum Gasteiger partial charge on any atom is 0 e. The fourth-order valence-electron chi connectivity index (χ4n) is 0. The summed E-state index contributed by atoms with van der Waals surface area (Å²) in [5, 5.41) is 0. The van der Waals surface area contributed by atoms with Gasteiger partial charge in [-0.25, -0.2) is 0 Å². The van der Waals surface area contributed by atoms with E-state index in [1.54, 1.807) is 0 Å². The van der Waals surface area contributed by atoms with Crippen molar-refractivity contribution in [2.75, 3.05) is 0 Å². The summed E-state index contributed by atoms with van der Waals surface area (Å²) in [5.41, 5.74) is 0. The molecule has 0 aliphatic carbocycles. The van der Waals surface area contributed by atoms with E-state index in [-0.39, 0.29) is 293 Å². The van der Waals surface area contributed by atoms with E-state index in [2.05, 4.69) is 0 Å². The van der Waals surface area contributed by atoms with Crippen LogP contribution in [0.4, 0.5) is 0 Å². The summed E-state index contributed by atoms with van der Waals surface area (Å²) in [6.07, 6.45) is 0. The van der Waals surface area contributed by atoms with Gasteiger partial charge in [0.2, 0.25) is 0 Å². The summed E-state index contributed by atoms with van der Waals surface area (Å²) < 4.78 is 0. The van der Waals surface area contributed by atoms with Crippen molar-refractivity contribution < 1.29 is 125 Å². The van der Waals surface area contributed by atoms with E-state index < -0.39 is 0 Å². The van der Waals surface area contributed by atoms with E-state index in [1.165, 1.54) is 0 Å². The molecule has 0 amide bonds. The van der Waals surface area contributed by atoms with Crippen LogP contribution in [0.25, 0.3) is 0 Å². The van der Waals surface area contributed by atoms with Gasteiger partial charge in [-0.2, -0.15) is 0 Å². The van der Waals surface area contributed by atoms with Crippen LogP contribution in [0.3, 0.4) is 0 Å². The maximum atomic E-state index is 0. The Labute approximate surface area is 283 Å². The minimum absolute atomic E-state index is 0. The van der Waals surface area contributed by atoms with E-state index in [0.29, 0.717) is 0 Å². The first-order valence-electron chi connectivity index (χ1n) is 0. The van der Waals surface area contributed by atoms with Gasteiger partial charge in [0.25, 0.3) is 0 Å². The predicted octanol–water partition coefficient (Wildman–Crippen LogP) is -2.67. The van der Waals surface area contributed by atoms with Gasteiger partial charge in [-0.3, -0.25) is 0 Å². The second-order valence-electron chi connectivity index (χ2n) is 0. The van der Waals surface area contributed by atoms with Crippen LogP contribution in [0.15, 0.2) is 0 Å². The van der Waals surface area contributed by atoms with E-state index in [4.69, 9.17) is 0 Å². The molecule has 28 radical (unpaired) electrons. The van der Waals surface area contributed by atoms with Gasteiger partial charge >= 0.3 is 0 Å². The van der Waals surface area contributed by atoms with Gasteiger partial charge in [0.05, 0.1) is 0 Å². The van der Waals surface area contributed by atoms with Gasteiger partial charge in [0.1, 0.15) is 0 Å². The molecule has 0 fully saturated rings. The Morgan fingerprint density at radius 3 is 0.200 bits per heavy atom. The molecule has 0 aromatic rings. The molecule has 0 unspecified atom stereocenters. The molecule has 0 spiro atoms. The van der Waals surface area contributed by atoms with Crippen LogP contribution in [0, 0.1) is 125 Å². The molecule has 0 aromatic carbocycles. The molecule has 0 heterocycles. The quantitative estimate of drug-likeness (QED) is 0.233. The van der Waals surface area contributed by atoms with Crippen LogP contribution in [0.5, 0.6) is 0 Å². The van der Waals surface area contributed by atoms with Crippen molar-refractivity contribution in [3.05, 3.63) is 0 Å². The Hall–Kier alpha value is 9.72. The molecule has 0 aromatic heterocycles. The van der Waals surface area contributed by atoms with Gasteiger partial charge < -0.3 is 0 Å². The van der Waals surface area contributed by atoms with Crippen LogP contribution in [-0.2, 0) is 0 Å². The van der Waals surface area contributed by atoms with Crippen LogP contribution in [-0.4, -0.2) is 167 Å². The third-order valence-corrected chi connectivity index (χ3v) is 0. The normalized spacial score (nSPS) is 0. The standard InChI is InChI=1S/3Ce.7Sn. The molecular formula is Ce3Sn7. The largest absolute Gasteiger partial charge is 0 e. The zero-order valence-corrected chi connectivity index (χ0v) is 34.4. The first kappa shape index (κ1) is 73.1. The van der Waals surface area contributed by atoms with Gasteiger partial charge in [-0.15, -0.1) is 0 Å². The van der Waals surface area contributed by atoms with Gasteiger partial charge in [-0.05, 0) is 0 Å². The molecule has 0 N–H and O–H groups in total. The summed E-state index contributed by atoms with van der Waals surface area (Å²) in [6, 6.07) is 0. The molecule has 0 bridgehead atoms. The van der Waals surface area contributed by atoms with Gasteiger partial charge in [0, 0.05) is 293 Å². The Bertz CT molecular complexity index is 8.81. The van der Waals surface area contributed by atoms with Crippen LogP contribution in [0.2, 0.25) is 0 Å². The second kappa shape index (κ2) is 62.2. The maximum Gasteiger partial charge on any atom is 0 e. The third kappa shape index (κ3) is 52.4. The Kier molecular flexibility index (Phi) is 455. The SMILES string of the molecule is [Ce].[Ce].[Ce].[Sn].[Sn].[Sn].[Sn].[Sn].[Sn].[Sn]. The van der Waals surface area contributed by atoms with Crippen LogP contribution in [0.1, 0.15) is 0 Å². The Morgan fingerprint density at radius 1 is 0.200 bits per heavy atom. The predicted molar refractivity (Wildman–Crippen MR) is 40.3 cm³/mol. The zero-order chi connectivity index (χ0) is 0. The minimum atomic E-state index is 0. The first-order chi connectivity index (χ1) is 0. The molecule has 0 atom stereocenters. The zero-order valence-electron chi connectivity index (χ0n) is 5.00. The van der Waals surface area contributed by atoms with Crippen LogP contribution >= 0.6 is 0 Å². The molecule has 0 aliphatic heterocycles. The molecular weight excluding hydrogens is 1250 g/mol. The van der Waals surface area contributed by atoms with Crippen molar-refractivity contribution in [2.24, 2.45) is 0 Å². The smallest absolute Gasteiger partial charge is 0 e. The van der Waals surface area contributed by atoms with E-state index >= 15 is 0 Å². The van der Waals surface area contributed by atoms with Crippen molar-refractivity contribution in [1.82, 2.24) is 0 Å². The monoisotopic (exact) mass is 1260 g/mol. The summed E-state index contributed by atoms with van der Waals surface area (Å²) in [5.74, 6) is 0. The van der Waals surface area contributed by atoms with Gasteiger partial charge in [0.15, 0.2) is 0 Å². The maximum absolute atomic E-state index is 0. The van der Waals surface area contributed by atoms with Crippen molar-refractivity contribution in [1.29, 1.82) is 0 Å². The fourth-order valence-corrected chi connectivity index (χ4v) is 0. The topological polar surface area (TPSA) is 0 Å². The van der Waals surface area contributed by atoms with E-state index in [9.17, 15) is 0 Å². The number of hydrogen-bond acceptors (Lipinski definition) is 0. The van der Waals surface area contributed by atoms with E-state index in [0.717, 1.165) is 0 Å². The molecule has 40 valence electrons. The summed E-state index contributed by atoms with van der Waals surface area (Å²) in [6.45, 7) is 0. The summed E-state index contributed by atoms with van der Waals surface area (Å²) >= 11 is 0. The molecule has 0 saturated heterocycles. The second-order valence-corrected chi connectivity index (χ2v) is 0. The molecule has 10 heavy (non-hydrogen) atoms. The van der Waals surface area contributed by atoms with Crippen molar-refractivity contribution in [3.8, 4) is 0 Å².